The zero-order valence-corrected chi connectivity index (χ0v) is 18.4. The van der Waals surface area contributed by atoms with Gasteiger partial charge in [-0.05, 0) is 61.3 Å². The van der Waals surface area contributed by atoms with Gasteiger partial charge in [0.25, 0.3) is 0 Å². The smallest absolute Gasteiger partial charge is 0.157 e. The Labute approximate surface area is 189 Å². The van der Waals surface area contributed by atoms with Crippen LogP contribution in [0.1, 0.15) is 48.6 Å². The number of phenols is 4. The van der Waals surface area contributed by atoms with Crippen molar-refractivity contribution >= 4 is 0 Å². The maximum Gasteiger partial charge on any atom is 0.157 e. The number of rotatable bonds is 15. The summed E-state index contributed by atoms with van der Waals surface area (Å²) in [6.07, 6.45) is 4.19. The number of benzene rings is 2. The van der Waals surface area contributed by atoms with E-state index in [-0.39, 0.29) is 48.0 Å². The second-order valence-corrected chi connectivity index (χ2v) is 8.08. The van der Waals surface area contributed by atoms with Crippen LogP contribution in [-0.4, -0.2) is 70.0 Å². The molecule has 0 spiro atoms. The highest BCUT2D eigenvalue weighted by Gasteiger charge is 2.13. The molecule has 0 radical (unpaired) electrons. The lowest BCUT2D eigenvalue weighted by atomic mass is 9.99. The molecule has 0 aliphatic carbocycles. The van der Waals surface area contributed by atoms with Gasteiger partial charge in [0, 0.05) is 24.9 Å². The highest BCUT2D eigenvalue weighted by Crippen LogP contribution is 2.29. The van der Waals surface area contributed by atoms with Crippen molar-refractivity contribution in [3.8, 4) is 23.0 Å². The monoisotopic (exact) mass is 448 g/mol. The quantitative estimate of drug-likeness (QED) is 0.153. The third kappa shape index (κ3) is 8.20. The molecular weight excluding hydrogens is 412 g/mol. The van der Waals surface area contributed by atoms with Gasteiger partial charge in [-0.2, -0.15) is 0 Å². The van der Waals surface area contributed by atoms with E-state index in [0.717, 1.165) is 49.9 Å². The number of unbranched alkanes of at least 4 members (excludes halogenated alkanes) is 3. The Kier molecular flexibility index (Phi) is 11.1. The van der Waals surface area contributed by atoms with E-state index in [9.17, 15) is 30.6 Å². The van der Waals surface area contributed by atoms with E-state index in [2.05, 4.69) is 10.6 Å². The largest absolute Gasteiger partial charge is 0.504 e. The first kappa shape index (κ1) is 25.7. The molecule has 2 aromatic rings. The summed E-state index contributed by atoms with van der Waals surface area (Å²) in [5.74, 6) is -0.970. The molecule has 2 unspecified atom stereocenters. The van der Waals surface area contributed by atoms with E-state index < -0.39 is 0 Å². The zero-order valence-electron chi connectivity index (χ0n) is 18.4. The van der Waals surface area contributed by atoms with E-state index in [1.807, 2.05) is 0 Å². The zero-order chi connectivity index (χ0) is 23.3. The Morgan fingerprint density at radius 2 is 0.969 bits per heavy atom. The number of aliphatic hydroxyl groups excluding tert-OH is 2. The summed E-state index contributed by atoms with van der Waals surface area (Å²) in [5, 5.41) is 63.9. The van der Waals surface area contributed by atoms with Gasteiger partial charge in [-0.15, -0.1) is 0 Å². The van der Waals surface area contributed by atoms with Gasteiger partial charge < -0.3 is 41.3 Å². The van der Waals surface area contributed by atoms with E-state index in [4.69, 9.17) is 0 Å². The molecule has 0 aromatic heterocycles. The van der Waals surface area contributed by atoms with Crippen molar-refractivity contribution in [1.29, 1.82) is 0 Å². The maximum absolute atomic E-state index is 9.61. The Morgan fingerprint density at radius 3 is 1.31 bits per heavy atom. The highest BCUT2D eigenvalue weighted by molar-refractivity contribution is 5.42. The fourth-order valence-corrected chi connectivity index (χ4v) is 3.57. The molecule has 8 N–H and O–H groups in total. The lowest BCUT2D eigenvalue weighted by molar-refractivity contribution is 0.260. The molecule has 0 bridgehead atoms. The molecule has 0 heterocycles. The van der Waals surface area contributed by atoms with Crippen LogP contribution in [0.2, 0.25) is 0 Å². The van der Waals surface area contributed by atoms with Gasteiger partial charge in [0.15, 0.2) is 23.0 Å². The molecule has 0 aliphatic rings. The van der Waals surface area contributed by atoms with Crippen LogP contribution in [0.25, 0.3) is 0 Å². The molecule has 2 atom stereocenters. The van der Waals surface area contributed by atoms with Crippen LogP contribution in [0.3, 0.4) is 0 Å². The first-order valence-electron chi connectivity index (χ1n) is 11.1. The van der Waals surface area contributed by atoms with Gasteiger partial charge >= 0.3 is 0 Å². The van der Waals surface area contributed by atoms with Crippen molar-refractivity contribution in [2.24, 2.45) is 0 Å². The van der Waals surface area contributed by atoms with Crippen LogP contribution >= 0.6 is 0 Å². The number of aromatic hydroxyl groups is 4. The van der Waals surface area contributed by atoms with Gasteiger partial charge in [0.1, 0.15) is 0 Å². The van der Waals surface area contributed by atoms with Crippen LogP contribution < -0.4 is 10.6 Å². The molecule has 0 saturated heterocycles. The standard InChI is InChI=1S/C24H36N2O6/c27-15-19(17-5-7-21(29)23(31)11-17)13-25-9-3-1-2-4-10-26-14-20(16-28)18-6-8-22(30)24(32)12-18/h5-8,11-12,19-20,25-32H,1-4,9-10,13-16H2. The van der Waals surface area contributed by atoms with Gasteiger partial charge in [-0.25, -0.2) is 0 Å². The summed E-state index contributed by atoms with van der Waals surface area (Å²) in [5.41, 5.74) is 1.56. The number of aliphatic hydroxyl groups is 2. The topological polar surface area (TPSA) is 145 Å². The third-order valence-electron chi connectivity index (χ3n) is 5.62. The maximum atomic E-state index is 9.61. The second kappa shape index (κ2) is 13.8. The van der Waals surface area contributed by atoms with Crippen LogP contribution in [-0.2, 0) is 0 Å². The van der Waals surface area contributed by atoms with Crippen LogP contribution in [0.5, 0.6) is 23.0 Å². The summed E-state index contributed by atoms with van der Waals surface area (Å²) < 4.78 is 0. The average molecular weight is 449 g/mol. The molecular formula is C24H36N2O6. The summed E-state index contributed by atoms with van der Waals surface area (Å²) in [4.78, 5) is 0. The van der Waals surface area contributed by atoms with Gasteiger partial charge in [-0.1, -0.05) is 25.0 Å². The summed E-state index contributed by atoms with van der Waals surface area (Å²) in [6.45, 7) is 2.79. The van der Waals surface area contributed by atoms with Crippen LogP contribution in [0.4, 0.5) is 0 Å². The van der Waals surface area contributed by atoms with Crippen molar-refractivity contribution in [3.63, 3.8) is 0 Å². The van der Waals surface area contributed by atoms with Crippen molar-refractivity contribution < 1.29 is 30.6 Å². The van der Waals surface area contributed by atoms with Crippen LogP contribution in [0, 0.1) is 0 Å². The van der Waals surface area contributed by atoms with Crippen molar-refractivity contribution in [3.05, 3.63) is 47.5 Å². The Morgan fingerprint density at radius 1 is 0.562 bits per heavy atom. The minimum Gasteiger partial charge on any atom is -0.504 e. The van der Waals surface area contributed by atoms with Crippen LogP contribution in [0.15, 0.2) is 36.4 Å². The predicted octanol–water partition coefficient (Wildman–Crippen LogP) is 2.10. The number of hydrogen-bond donors (Lipinski definition) is 8. The Bertz CT molecular complexity index is 750. The summed E-state index contributed by atoms with van der Waals surface area (Å²) in [7, 11) is 0. The van der Waals surface area contributed by atoms with E-state index in [0.29, 0.717) is 13.1 Å². The van der Waals surface area contributed by atoms with Gasteiger partial charge in [-0.3, -0.25) is 0 Å². The lowest BCUT2D eigenvalue weighted by Crippen LogP contribution is -2.25. The second-order valence-electron chi connectivity index (χ2n) is 8.08. The van der Waals surface area contributed by atoms with Gasteiger partial charge in [0.2, 0.25) is 0 Å². The minimum atomic E-state index is -0.180. The summed E-state index contributed by atoms with van der Waals surface area (Å²) in [6, 6.07) is 9.23. The Balaban J connectivity index is 1.54. The van der Waals surface area contributed by atoms with Crippen molar-refractivity contribution in [2.45, 2.75) is 37.5 Å². The first-order valence-corrected chi connectivity index (χ1v) is 11.1. The van der Waals surface area contributed by atoms with E-state index in [1.165, 1.54) is 24.3 Å². The predicted molar refractivity (Wildman–Crippen MR) is 123 cm³/mol. The average Bonchev–Trinajstić information content (AvgIpc) is 2.79. The molecule has 178 valence electrons. The minimum absolute atomic E-state index is 0.0402. The van der Waals surface area contributed by atoms with Crippen molar-refractivity contribution in [2.75, 3.05) is 39.4 Å². The first-order chi connectivity index (χ1) is 15.5. The Hall–Kier alpha value is -2.52. The normalized spacial score (nSPS) is 13.2. The molecule has 2 aromatic carbocycles. The molecule has 8 heteroatoms. The summed E-state index contributed by atoms with van der Waals surface area (Å²) >= 11 is 0. The highest BCUT2D eigenvalue weighted by atomic mass is 16.3. The molecule has 8 nitrogen and oxygen atoms in total. The van der Waals surface area contributed by atoms with Crippen molar-refractivity contribution in [1.82, 2.24) is 10.6 Å². The van der Waals surface area contributed by atoms with E-state index >= 15 is 0 Å². The molecule has 2 rings (SSSR count). The fourth-order valence-electron chi connectivity index (χ4n) is 3.57. The number of hydrogen-bond acceptors (Lipinski definition) is 8. The SMILES string of the molecule is OCC(CNCCCCCCNCC(CO)c1ccc(O)c(O)c1)c1ccc(O)c(O)c1. The lowest BCUT2D eigenvalue weighted by Gasteiger charge is -2.16. The number of nitrogens with one attached hydrogen (secondary N) is 2. The third-order valence-corrected chi connectivity index (χ3v) is 5.62. The molecule has 32 heavy (non-hydrogen) atoms. The molecule has 0 saturated carbocycles. The van der Waals surface area contributed by atoms with E-state index in [1.54, 1.807) is 12.1 Å². The molecule has 0 fully saturated rings. The number of phenolic OH excluding ortho intramolecular Hbond substituents is 4. The molecule has 0 amide bonds. The molecule has 0 aliphatic heterocycles. The van der Waals surface area contributed by atoms with Gasteiger partial charge in [0.05, 0.1) is 13.2 Å². The fraction of sp³-hybridized carbons (Fsp3) is 0.500.